The molecule has 0 aliphatic carbocycles. The minimum absolute atomic E-state index is 0.0496. The van der Waals surface area contributed by atoms with E-state index in [2.05, 4.69) is 0 Å². The maximum atomic E-state index is 12.5. The van der Waals surface area contributed by atoms with Crippen molar-refractivity contribution in [3.8, 4) is 16.9 Å². The third-order valence-corrected chi connectivity index (χ3v) is 3.84. The number of ether oxygens (including phenoxy) is 1. The number of hydrogen-bond donors (Lipinski definition) is 1. The van der Waals surface area contributed by atoms with E-state index in [-0.39, 0.29) is 5.78 Å². The summed E-state index contributed by atoms with van der Waals surface area (Å²) in [5, 5.41) is 0. The van der Waals surface area contributed by atoms with Crippen LogP contribution < -0.4 is 10.5 Å². The molecule has 0 bridgehead atoms. The number of hydrogen-bond acceptors (Lipinski definition) is 3. The highest BCUT2D eigenvalue weighted by molar-refractivity contribution is 5.99. The quantitative estimate of drug-likeness (QED) is 0.553. The molecule has 0 radical (unpaired) electrons. The van der Waals surface area contributed by atoms with Crippen LogP contribution in [0.15, 0.2) is 78.9 Å². The molecule has 1 unspecified atom stereocenters. The molecule has 3 aromatic rings. The van der Waals surface area contributed by atoms with Crippen LogP contribution >= 0.6 is 0 Å². The van der Waals surface area contributed by atoms with Crippen LogP contribution in [-0.2, 0) is 0 Å². The second-order valence-electron chi connectivity index (χ2n) is 5.64. The molecule has 0 saturated heterocycles. The molecule has 3 heteroatoms. The van der Waals surface area contributed by atoms with Gasteiger partial charge in [0.1, 0.15) is 5.75 Å². The number of carbonyl (C=O) groups excluding carboxylic acids is 1. The molecule has 3 nitrogen and oxygen atoms in total. The second kappa shape index (κ2) is 7.01. The number of nitrogen functional groups attached to an aromatic ring is 1. The number of nitrogens with two attached hydrogens (primary N) is 1. The summed E-state index contributed by atoms with van der Waals surface area (Å²) in [4.78, 5) is 12.5. The molecule has 0 saturated carbocycles. The summed E-state index contributed by atoms with van der Waals surface area (Å²) < 4.78 is 5.70. The Morgan fingerprint density at radius 1 is 0.833 bits per heavy atom. The Morgan fingerprint density at radius 3 is 2.04 bits per heavy atom. The zero-order valence-corrected chi connectivity index (χ0v) is 13.5. The Bertz CT molecular complexity index is 809. The first-order valence-electron chi connectivity index (χ1n) is 7.85. The molecule has 0 heterocycles. The van der Waals surface area contributed by atoms with Gasteiger partial charge in [-0.3, -0.25) is 4.79 Å². The lowest BCUT2D eigenvalue weighted by Gasteiger charge is -2.14. The highest BCUT2D eigenvalue weighted by atomic mass is 16.5. The Hall–Kier alpha value is -3.07. The highest BCUT2D eigenvalue weighted by Gasteiger charge is 2.17. The fourth-order valence-corrected chi connectivity index (χ4v) is 2.50. The van der Waals surface area contributed by atoms with Crippen LogP contribution in [0.3, 0.4) is 0 Å². The van der Waals surface area contributed by atoms with Gasteiger partial charge in [0.2, 0.25) is 5.78 Å². The lowest BCUT2D eigenvalue weighted by atomic mass is 10.0. The largest absolute Gasteiger partial charge is 0.483 e. The molecule has 0 fully saturated rings. The summed E-state index contributed by atoms with van der Waals surface area (Å²) in [5.74, 6) is 0.581. The monoisotopic (exact) mass is 317 g/mol. The normalized spacial score (nSPS) is 11.7. The van der Waals surface area contributed by atoms with Crippen LogP contribution in [-0.4, -0.2) is 11.9 Å². The summed E-state index contributed by atoms with van der Waals surface area (Å²) in [7, 11) is 0. The Balaban J connectivity index is 1.71. The molecule has 0 aromatic heterocycles. The van der Waals surface area contributed by atoms with Crippen molar-refractivity contribution in [1.29, 1.82) is 0 Å². The van der Waals surface area contributed by atoms with Gasteiger partial charge in [0, 0.05) is 11.3 Å². The molecule has 3 aromatic carbocycles. The second-order valence-corrected chi connectivity index (χ2v) is 5.64. The van der Waals surface area contributed by atoms with Crippen molar-refractivity contribution in [1.82, 2.24) is 0 Å². The predicted octanol–water partition coefficient (Wildman–Crippen LogP) is 4.59. The van der Waals surface area contributed by atoms with E-state index in [1.165, 1.54) is 0 Å². The van der Waals surface area contributed by atoms with E-state index in [4.69, 9.17) is 10.5 Å². The van der Waals surface area contributed by atoms with Crippen LogP contribution in [0.25, 0.3) is 11.1 Å². The van der Waals surface area contributed by atoms with Crippen molar-refractivity contribution >= 4 is 11.5 Å². The SMILES string of the molecule is CC(Oc1ccc(N)cc1)C(=O)c1ccc(-c2ccccc2)cc1. The molecule has 0 aliphatic rings. The van der Waals surface area contributed by atoms with Gasteiger partial charge in [0.15, 0.2) is 6.10 Å². The third kappa shape index (κ3) is 3.63. The molecule has 3 rings (SSSR count). The zero-order chi connectivity index (χ0) is 16.9. The first-order chi connectivity index (χ1) is 11.6. The van der Waals surface area contributed by atoms with E-state index in [9.17, 15) is 4.79 Å². The molecule has 0 spiro atoms. The van der Waals surface area contributed by atoms with Gasteiger partial charge >= 0.3 is 0 Å². The van der Waals surface area contributed by atoms with Gasteiger partial charge in [-0.25, -0.2) is 0 Å². The number of anilines is 1. The van der Waals surface area contributed by atoms with Crippen LogP contribution in [0, 0.1) is 0 Å². The first-order valence-corrected chi connectivity index (χ1v) is 7.85. The number of Topliss-reactive ketones (excluding diaryl/α,β-unsaturated/α-hetero) is 1. The Kier molecular flexibility index (Phi) is 4.62. The van der Waals surface area contributed by atoms with Crippen molar-refractivity contribution in [2.24, 2.45) is 0 Å². The molecule has 1 atom stereocenters. The van der Waals surface area contributed by atoms with Gasteiger partial charge in [-0.15, -0.1) is 0 Å². The van der Waals surface area contributed by atoms with Crippen molar-refractivity contribution in [2.75, 3.05) is 5.73 Å². The van der Waals surface area contributed by atoms with Crippen LogP contribution in [0.4, 0.5) is 5.69 Å². The highest BCUT2D eigenvalue weighted by Crippen LogP contribution is 2.21. The van der Waals surface area contributed by atoms with Crippen molar-refractivity contribution < 1.29 is 9.53 Å². The zero-order valence-electron chi connectivity index (χ0n) is 13.5. The summed E-state index contributed by atoms with van der Waals surface area (Å²) in [6.45, 7) is 1.75. The van der Waals surface area contributed by atoms with Gasteiger partial charge in [-0.2, -0.15) is 0 Å². The fourth-order valence-electron chi connectivity index (χ4n) is 2.50. The van der Waals surface area contributed by atoms with Gasteiger partial charge in [0.25, 0.3) is 0 Å². The minimum Gasteiger partial charge on any atom is -0.483 e. The van der Waals surface area contributed by atoms with Crippen molar-refractivity contribution in [3.05, 3.63) is 84.4 Å². The molecule has 24 heavy (non-hydrogen) atoms. The first kappa shape index (κ1) is 15.8. The molecule has 0 amide bonds. The van der Waals surface area contributed by atoms with Gasteiger partial charge in [-0.1, -0.05) is 54.6 Å². The van der Waals surface area contributed by atoms with Crippen LogP contribution in [0.5, 0.6) is 5.75 Å². The van der Waals surface area contributed by atoms with Gasteiger partial charge < -0.3 is 10.5 Å². The third-order valence-electron chi connectivity index (χ3n) is 3.84. The predicted molar refractivity (Wildman–Crippen MR) is 97.2 cm³/mol. The molecular formula is C21H19NO2. The summed E-state index contributed by atoms with van der Waals surface area (Å²) >= 11 is 0. The van der Waals surface area contributed by atoms with Crippen LogP contribution in [0.2, 0.25) is 0 Å². The minimum atomic E-state index is -0.559. The van der Waals surface area contributed by atoms with Crippen molar-refractivity contribution in [2.45, 2.75) is 13.0 Å². The van der Waals surface area contributed by atoms with Gasteiger partial charge in [0.05, 0.1) is 0 Å². The van der Waals surface area contributed by atoms with Gasteiger partial charge in [-0.05, 0) is 42.3 Å². The average molecular weight is 317 g/mol. The average Bonchev–Trinajstić information content (AvgIpc) is 2.64. The lowest BCUT2D eigenvalue weighted by molar-refractivity contribution is 0.0818. The number of carbonyl (C=O) groups is 1. The molecule has 0 aliphatic heterocycles. The smallest absolute Gasteiger partial charge is 0.202 e. The fraction of sp³-hybridized carbons (Fsp3) is 0.0952. The van der Waals surface area contributed by atoms with E-state index in [1.807, 2.05) is 54.6 Å². The topological polar surface area (TPSA) is 52.3 Å². The van der Waals surface area contributed by atoms with Crippen molar-refractivity contribution in [3.63, 3.8) is 0 Å². The standard InChI is InChI=1S/C21H19NO2/c1-15(24-20-13-11-19(22)12-14-20)21(23)18-9-7-17(8-10-18)16-5-3-2-4-6-16/h2-15H,22H2,1H3. The number of rotatable bonds is 5. The number of ketones is 1. The lowest BCUT2D eigenvalue weighted by Crippen LogP contribution is -2.23. The summed E-state index contributed by atoms with van der Waals surface area (Å²) in [5.41, 5.74) is 9.16. The summed E-state index contributed by atoms with van der Waals surface area (Å²) in [6.07, 6.45) is -0.559. The van der Waals surface area contributed by atoms with E-state index in [0.717, 1.165) is 11.1 Å². The van der Waals surface area contributed by atoms with Crippen LogP contribution in [0.1, 0.15) is 17.3 Å². The van der Waals surface area contributed by atoms with E-state index < -0.39 is 6.10 Å². The molecule has 2 N–H and O–H groups in total. The van der Waals surface area contributed by atoms with E-state index in [1.54, 1.807) is 31.2 Å². The maximum absolute atomic E-state index is 12.5. The Labute approximate surface area is 141 Å². The number of benzene rings is 3. The van der Waals surface area contributed by atoms with E-state index in [0.29, 0.717) is 17.0 Å². The van der Waals surface area contributed by atoms with E-state index >= 15 is 0 Å². The molecular weight excluding hydrogens is 298 g/mol. The summed E-state index contributed by atoms with van der Waals surface area (Å²) in [6, 6.07) is 24.7. The Morgan fingerprint density at radius 2 is 1.42 bits per heavy atom. The molecule has 120 valence electrons. The maximum Gasteiger partial charge on any atom is 0.202 e.